The first kappa shape index (κ1) is 24.9. The fourth-order valence-corrected chi connectivity index (χ4v) is 8.54. The minimum Gasteiger partial charge on any atom is -0.504 e. The Hall–Kier alpha value is -3.10. The molecule has 0 radical (unpaired) electrons. The number of carboxylic acid groups (broad SMARTS) is 1. The zero-order chi connectivity index (χ0) is 27.1. The monoisotopic (exact) mass is 532 g/mol. The lowest BCUT2D eigenvalue weighted by molar-refractivity contribution is -0.171. The summed E-state index contributed by atoms with van der Waals surface area (Å²) in [6.07, 6.45) is 4.76. The maximum atomic E-state index is 13.2. The number of aromatic carboxylic acids is 1. The summed E-state index contributed by atoms with van der Waals surface area (Å²) in [7, 11) is 1.71. The van der Waals surface area contributed by atoms with Gasteiger partial charge in [-0.25, -0.2) is 4.79 Å². The molecule has 3 aliphatic carbocycles. The molecule has 8 nitrogen and oxygen atoms in total. The lowest BCUT2D eigenvalue weighted by Gasteiger charge is -2.63. The zero-order valence-electron chi connectivity index (χ0n) is 22.5. The van der Waals surface area contributed by atoms with E-state index in [-0.39, 0.29) is 34.5 Å². The van der Waals surface area contributed by atoms with Gasteiger partial charge < -0.3 is 25.0 Å². The van der Waals surface area contributed by atoms with Gasteiger partial charge in [0.2, 0.25) is 0 Å². The van der Waals surface area contributed by atoms with Gasteiger partial charge in [-0.15, -0.1) is 0 Å². The average Bonchev–Trinajstić information content (AvgIpc) is 3.68. The van der Waals surface area contributed by atoms with Crippen LogP contribution < -0.4 is 10.1 Å². The van der Waals surface area contributed by atoms with Crippen molar-refractivity contribution in [3.05, 3.63) is 58.7 Å². The number of ether oxygens (including phenoxy) is 2. The minimum absolute atomic E-state index is 0.0128. The van der Waals surface area contributed by atoms with Crippen LogP contribution in [0.1, 0.15) is 64.4 Å². The average molecular weight is 533 g/mol. The van der Waals surface area contributed by atoms with Crippen molar-refractivity contribution in [2.24, 2.45) is 17.3 Å². The van der Waals surface area contributed by atoms with Gasteiger partial charge in [0, 0.05) is 42.6 Å². The van der Waals surface area contributed by atoms with Gasteiger partial charge in [0.05, 0.1) is 11.1 Å². The van der Waals surface area contributed by atoms with Crippen molar-refractivity contribution in [3.8, 4) is 11.5 Å². The number of carbonyl (C=O) groups excluding carboxylic acids is 1. The van der Waals surface area contributed by atoms with Crippen molar-refractivity contribution in [1.82, 2.24) is 10.2 Å². The van der Waals surface area contributed by atoms with Crippen LogP contribution in [0.25, 0.3) is 0 Å². The van der Waals surface area contributed by atoms with Gasteiger partial charge in [-0.05, 0) is 74.2 Å². The van der Waals surface area contributed by atoms with Crippen LogP contribution in [-0.4, -0.2) is 72.0 Å². The van der Waals surface area contributed by atoms with Gasteiger partial charge in [-0.3, -0.25) is 9.69 Å². The van der Waals surface area contributed by atoms with E-state index < -0.39 is 17.3 Å². The van der Waals surface area contributed by atoms with E-state index in [0.29, 0.717) is 24.3 Å². The van der Waals surface area contributed by atoms with Gasteiger partial charge in [0.25, 0.3) is 5.91 Å². The van der Waals surface area contributed by atoms with Crippen LogP contribution in [0.15, 0.2) is 36.4 Å². The van der Waals surface area contributed by atoms with Gasteiger partial charge in [-0.2, -0.15) is 0 Å². The summed E-state index contributed by atoms with van der Waals surface area (Å²) in [6.45, 7) is 4.63. The van der Waals surface area contributed by atoms with Gasteiger partial charge >= 0.3 is 5.97 Å². The smallest absolute Gasteiger partial charge is 0.336 e. The Balaban J connectivity index is 1.25. The number of benzene rings is 2. The van der Waals surface area contributed by atoms with Crippen molar-refractivity contribution in [2.75, 3.05) is 26.7 Å². The molecule has 7 rings (SSSR count). The number of piperidine rings is 1. The Kier molecular flexibility index (Phi) is 5.56. The van der Waals surface area contributed by atoms with Gasteiger partial charge in [0.15, 0.2) is 11.5 Å². The van der Waals surface area contributed by atoms with Crippen LogP contribution in [-0.2, 0) is 16.6 Å². The highest BCUT2D eigenvalue weighted by atomic mass is 16.5. The second-order valence-corrected chi connectivity index (χ2v) is 12.6. The third-order valence-corrected chi connectivity index (χ3v) is 10.4. The molecule has 6 atom stereocenters. The summed E-state index contributed by atoms with van der Waals surface area (Å²) in [5.74, 6) is 0.360. The topological polar surface area (TPSA) is 108 Å². The number of hydrogen-bond donors (Lipinski definition) is 3. The second kappa shape index (κ2) is 8.70. The molecule has 2 saturated carbocycles. The number of amides is 1. The van der Waals surface area contributed by atoms with E-state index in [4.69, 9.17) is 9.47 Å². The highest BCUT2D eigenvalue weighted by Crippen LogP contribution is 2.66. The molecule has 39 heavy (non-hydrogen) atoms. The molecule has 2 aromatic carbocycles. The Morgan fingerprint density at radius 1 is 1.18 bits per heavy atom. The molecule has 8 heteroatoms. The third-order valence-electron chi connectivity index (χ3n) is 10.4. The highest BCUT2D eigenvalue weighted by molar-refractivity contribution is 6.04. The molecule has 1 amide bonds. The predicted octanol–water partition coefficient (Wildman–Crippen LogP) is 3.60. The Morgan fingerprint density at radius 2 is 1.95 bits per heavy atom. The molecule has 1 spiro atoms. The molecular formula is C31H36N2O6. The number of likely N-dealkylation sites (tertiary alicyclic amines) is 1. The van der Waals surface area contributed by atoms with Crippen LogP contribution in [0.2, 0.25) is 0 Å². The molecular weight excluding hydrogens is 496 g/mol. The fourth-order valence-electron chi connectivity index (χ4n) is 8.54. The zero-order valence-corrected chi connectivity index (χ0v) is 22.5. The molecule has 1 saturated heterocycles. The van der Waals surface area contributed by atoms with E-state index in [9.17, 15) is 19.8 Å². The molecule has 3 N–H and O–H groups in total. The van der Waals surface area contributed by atoms with Crippen LogP contribution in [0.5, 0.6) is 11.5 Å². The summed E-state index contributed by atoms with van der Waals surface area (Å²) >= 11 is 0. The number of phenolic OH excluding ortho intramolecular Hbond substituents is 1. The minimum atomic E-state index is -1.13. The number of methoxy groups -OCH3 is 1. The van der Waals surface area contributed by atoms with Gasteiger partial charge in [-0.1, -0.05) is 25.1 Å². The lowest BCUT2D eigenvalue weighted by Crippen LogP contribution is -2.71. The van der Waals surface area contributed by atoms with Crippen molar-refractivity contribution in [1.29, 1.82) is 0 Å². The first-order valence-corrected chi connectivity index (χ1v) is 14.2. The van der Waals surface area contributed by atoms with E-state index in [1.165, 1.54) is 30.0 Å². The molecule has 2 bridgehead atoms. The quantitative estimate of drug-likeness (QED) is 0.500. The Bertz CT molecular complexity index is 1360. The number of phenols is 1. The van der Waals surface area contributed by atoms with Crippen LogP contribution in [0, 0.1) is 17.3 Å². The molecule has 2 aliphatic heterocycles. The summed E-state index contributed by atoms with van der Waals surface area (Å²) in [5.41, 5.74) is 1.91. The molecule has 2 heterocycles. The standard InChI is InChI=1S/C31H36N2O6/c1-30(16-32-28(35)19-5-3-4-6-20(19)29(36)37)14-21-22-13-18-9-10-23(34)25-24(18)31(21,27(39-25)26(30)38-2)11-12-33(22)15-17-7-8-17/h3-6,9-10,17,21-22,26-27,34H,7-8,11-16H2,1-2H3,(H,32,35)(H,36,37)/t21?,22-,26?,27+,30+,31+/m1/s1. The van der Waals surface area contributed by atoms with E-state index in [1.807, 2.05) is 0 Å². The van der Waals surface area contributed by atoms with E-state index >= 15 is 0 Å². The summed E-state index contributed by atoms with van der Waals surface area (Å²) < 4.78 is 12.9. The maximum absolute atomic E-state index is 13.2. The Morgan fingerprint density at radius 3 is 2.67 bits per heavy atom. The third kappa shape index (κ3) is 3.57. The molecule has 2 aromatic rings. The summed E-state index contributed by atoms with van der Waals surface area (Å²) in [4.78, 5) is 27.7. The highest BCUT2D eigenvalue weighted by Gasteiger charge is 2.70. The number of nitrogens with zero attached hydrogens (tertiary/aromatic N) is 1. The summed E-state index contributed by atoms with van der Waals surface area (Å²) in [5, 5.41) is 23.5. The lowest BCUT2D eigenvalue weighted by atomic mass is 9.47. The molecule has 0 aromatic heterocycles. The van der Waals surface area contributed by atoms with E-state index in [1.54, 1.807) is 31.4 Å². The molecule has 3 fully saturated rings. The number of rotatable bonds is 7. The SMILES string of the molecule is COC1[C@@H]2Oc3c(O)ccc4c3[C@@]23CCN(CC2CC2)[C@H](C4)C3C[C@@]1(C)CNC(=O)c1ccccc1C(=O)O. The molecule has 206 valence electrons. The number of carboxylic acids is 1. The first-order valence-electron chi connectivity index (χ1n) is 14.2. The fraction of sp³-hybridized carbons (Fsp3) is 0.548. The maximum Gasteiger partial charge on any atom is 0.336 e. The largest absolute Gasteiger partial charge is 0.504 e. The van der Waals surface area contributed by atoms with Crippen molar-refractivity contribution >= 4 is 11.9 Å². The normalized spacial score (nSPS) is 34.2. The van der Waals surface area contributed by atoms with Crippen molar-refractivity contribution in [2.45, 2.75) is 62.7 Å². The number of aromatic hydroxyl groups is 1. The van der Waals surface area contributed by atoms with Crippen LogP contribution in [0.3, 0.4) is 0 Å². The van der Waals surface area contributed by atoms with Crippen molar-refractivity contribution in [3.63, 3.8) is 0 Å². The second-order valence-electron chi connectivity index (χ2n) is 12.6. The number of nitrogens with one attached hydrogen (secondary N) is 1. The molecule has 5 aliphatic rings. The van der Waals surface area contributed by atoms with Gasteiger partial charge in [0.1, 0.15) is 12.2 Å². The van der Waals surface area contributed by atoms with E-state index in [2.05, 4.69) is 23.2 Å². The first-order chi connectivity index (χ1) is 18.8. The number of carbonyl (C=O) groups is 2. The Labute approximate surface area is 228 Å². The number of hydrogen-bond acceptors (Lipinski definition) is 6. The molecule has 2 unspecified atom stereocenters. The van der Waals surface area contributed by atoms with E-state index in [0.717, 1.165) is 38.3 Å². The van der Waals surface area contributed by atoms with Crippen LogP contribution in [0.4, 0.5) is 0 Å². The van der Waals surface area contributed by atoms with Crippen molar-refractivity contribution < 1.29 is 29.3 Å². The summed E-state index contributed by atoms with van der Waals surface area (Å²) in [6, 6.07) is 10.5. The predicted molar refractivity (Wildman–Crippen MR) is 143 cm³/mol. The van der Waals surface area contributed by atoms with Crippen LogP contribution >= 0.6 is 0 Å².